The summed E-state index contributed by atoms with van der Waals surface area (Å²) in [5.74, 6) is 0.326. The molecule has 1 N–H and O–H groups in total. The molecule has 2 rings (SSSR count). The molecule has 1 aliphatic rings. The molecule has 1 unspecified atom stereocenters. The second kappa shape index (κ2) is 5.81. The summed E-state index contributed by atoms with van der Waals surface area (Å²) in [5, 5.41) is 18.9. The van der Waals surface area contributed by atoms with Crippen LogP contribution in [-0.4, -0.2) is 29.6 Å². The first kappa shape index (κ1) is 12.1. The average Bonchev–Trinajstić information content (AvgIpc) is 2.40. The number of hydrogen-bond acceptors (Lipinski definition) is 3. The minimum atomic E-state index is -0.361. The molecule has 1 aromatic carbocycles. The van der Waals surface area contributed by atoms with E-state index in [1.807, 2.05) is 30.3 Å². The van der Waals surface area contributed by atoms with Gasteiger partial charge in [0.25, 0.3) is 0 Å². The van der Waals surface area contributed by atoms with Crippen LogP contribution in [0.5, 0.6) is 0 Å². The van der Waals surface area contributed by atoms with Crippen molar-refractivity contribution < 1.29 is 5.11 Å². The van der Waals surface area contributed by atoms with Crippen molar-refractivity contribution >= 4 is 0 Å². The van der Waals surface area contributed by atoms with Gasteiger partial charge in [-0.1, -0.05) is 30.3 Å². The van der Waals surface area contributed by atoms with E-state index in [0.717, 1.165) is 31.5 Å². The minimum absolute atomic E-state index is 0.326. The van der Waals surface area contributed by atoms with Crippen molar-refractivity contribution in [2.75, 3.05) is 19.6 Å². The van der Waals surface area contributed by atoms with Crippen LogP contribution in [0.4, 0.5) is 0 Å². The van der Waals surface area contributed by atoms with Gasteiger partial charge >= 0.3 is 0 Å². The topological polar surface area (TPSA) is 47.3 Å². The molecule has 90 valence electrons. The van der Waals surface area contributed by atoms with Gasteiger partial charge in [0, 0.05) is 0 Å². The Hall–Kier alpha value is -1.37. The molecule has 0 saturated carbocycles. The van der Waals surface area contributed by atoms with E-state index in [4.69, 9.17) is 5.26 Å². The first-order valence-electron chi connectivity index (χ1n) is 6.13. The quantitative estimate of drug-likeness (QED) is 0.807. The lowest BCUT2D eigenvalue weighted by molar-refractivity contribution is 0.0625. The van der Waals surface area contributed by atoms with Crippen LogP contribution in [-0.2, 0) is 0 Å². The summed E-state index contributed by atoms with van der Waals surface area (Å²) in [6.45, 7) is 2.35. The first-order valence-corrected chi connectivity index (χ1v) is 6.13. The van der Waals surface area contributed by atoms with Gasteiger partial charge in [0.2, 0.25) is 0 Å². The zero-order valence-corrected chi connectivity index (χ0v) is 9.92. The Labute approximate surface area is 102 Å². The van der Waals surface area contributed by atoms with Gasteiger partial charge < -0.3 is 5.11 Å². The second-order valence-corrected chi connectivity index (χ2v) is 4.63. The van der Waals surface area contributed by atoms with Crippen molar-refractivity contribution in [1.82, 2.24) is 4.90 Å². The summed E-state index contributed by atoms with van der Waals surface area (Å²) in [5.41, 5.74) is 1.01. The molecular weight excluding hydrogens is 212 g/mol. The van der Waals surface area contributed by atoms with Crippen LogP contribution in [0.3, 0.4) is 0 Å². The predicted octanol–water partition coefficient (Wildman–Crippen LogP) is 1.96. The van der Waals surface area contributed by atoms with Crippen LogP contribution < -0.4 is 0 Å². The number of aliphatic hydroxyl groups excluding tert-OH is 1. The Morgan fingerprint density at radius 1 is 1.29 bits per heavy atom. The number of rotatable bonds is 3. The lowest BCUT2D eigenvalue weighted by atomic mass is 9.87. The van der Waals surface area contributed by atoms with Gasteiger partial charge in [-0.2, -0.15) is 5.26 Å². The van der Waals surface area contributed by atoms with Gasteiger partial charge in [0.1, 0.15) is 0 Å². The molecule has 1 heterocycles. The van der Waals surface area contributed by atoms with Crippen LogP contribution in [0.1, 0.15) is 24.5 Å². The smallest absolute Gasteiger partial charge is 0.0865 e. The fourth-order valence-corrected chi connectivity index (χ4v) is 2.45. The van der Waals surface area contributed by atoms with E-state index in [1.165, 1.54) is 0 Å². The van der Waals surface area contributed by atoms with E-state index in [1.54, 1.807) is 0 Å². The Bertz CT molecular complexity index is 377. The van der Waals surface area contributed by atoms with Gasteiger partial charge in [-0.05, 0) is 37.4 Å². The highest BCUT2D eigenvalue weighted by Crippen LogP contribution is 2.30. The Kier molecular flexibility index (Phi) is 4.13. The number of benzene rings is 1. The van der Waals surface area contributed by atoms with Crippen LogP contribution in [0.2, 0.25) is 0 Å². The Morgan fingerprint density at radius 2 is 1.94 bits per heavy atom. The summed E-state index contributed by atoms with van der Waals surface area (Å²) in [6.07, 6.45) is 1.58. The highest BCUT2D eigenvalue weighted by Gasteiger charge is 2.25. The predicted molar refractivity (Wildman–Crippen MR) is 66.2 cm³/mol. The van der Waals surface area contributed by atoms with E-state index in [0.29, 0.717) is 12.5 Å². The van der Waals surface area contributed by atoms with E-state index < -0.39 is 0 Å². The summed E-state index contributed by atoms with van der Waals surface area (Å²) >= 11 is 0. The van der Waals surface area contributed by atoms with Crippen LogP contribution in [0.25, 0.3) is 0 Å². The molecule has 0 amide bonds. The van der Waals surface area contributed by atoms with Crippen LogP contribution in [0, 0.1) is 17.2 Å². The first-order chi connectivity index (χ1) is 8.31. The third-order valence-electron chi connectivity index (χ3n) is 3.51. The molecular formula is C14H18N2O. The summed E-state index contributed by atoms with van der Waals surface area (Å²) in [4.78, 5) is 2.15. The number of hydrogen-bond donors (Lipinski definition) is 1. The van der Waals surface area contributed by atoms with Gasteiger partial charge in [-0.3, -0.25) is 4.90 Å². The molecule has 0 radical (unpaired) electrons. The highest BCUT2D eigenvalue weighted by atomic mass is 16.3. The van der Waals surface area contributed by atoms with E-state index in [9.17, 15) is 5.11 Å². The molecule has 0 spiro atoms. The molecule has 3 nitrogen and oxygen atoms in total. The maximum Gasteiger partial charge on any atom is 0.0865 e. The highest BCUT2D eigenvalue weighted by molar-refractivity contribution is 5.18. The zero-order valence-electron chi connectivity index (χ0n) is 9.92. The van der Waals surface area contributed by atoms with Gasteiger partial charge in [-0.15, -0.1) is 0 Å². The molecule has 3 heteroatoms. The van der Waals surface area contributed by atoms with Crippen molar-refractivity contribution in [1.29, 1.82) is 5.26 Å². The van der Waals surface area contributed by atoms with E-state index in [2.05, 4.69) is 11.0 Å². The zero-order chi connectivity index (χ0) is 12.1. The Morgan fingerprint density at radius 3 is 2.53 bits per heavy atom. The lowest BCUT2D eigenvalue weighted by Crippen LogP contribution is -2.35. The maximum absolute atomic E-state index is 10.3. The van der Waals surface area contributed by atoms with Crippen molar-refractivity contribution in [2.45, 2.75) is 18.9 Å². The number of likely N-dealkylation sites (tertiary alicyclic amines) is 1. The summed E-state index contributed by atoms with van der Waals surface area (Å²) < 4.78 is 0. The van der Waals surface area contributed by atoms with Crippen LogP contribution >= 0.6 is 0 Å². The standard InChI is InChI=1S/C14H18N2O/c15-8-11-16-9-6-13(7-10-16)14(17)12-4-2-1-3-5-12/h1-5,13-14,17H,6-7,9-11H2. The number of piperidine rings is 1. The lowest BCUT2D eigenvalue weighted by Gasteiger charge is -2.33. The minimum Gasteiger partial charge on any atom is -0.388 e. The molecule has 1 atom stereocenters. The van der Waals surface area contributed by atoms with Gasteiger partial charge in [-0.25, -0.2) is 0 Å². The van der Waals surface area contributed by atoms with Crippen molar-refractivity contribution in [2.24, 2.45) is 5.92 Å². The second-order valence-electron chi connectivity index (χ2n) is 4.63. The molecule has 0 aliphatic carbocycles. The monoisotopic (exact) mass is 230 g/mol. The molecule has 0 bridgehead atoms. The molecule has 1 saturated heterocycles. The van der Waals surface area contributed by atoms with E-state index in [-0.39, 0.29) is 6.10 Å². The molecule has 17 heavy (non-hydrogen) atoms. The number of nitrogens with zero attached hydrogens (tertiary/aromatic N) is 2. The number of aliphatic hydroxyl groups is 1. The third-order valence-corrected chi connectivity index (χ3v) is 3.51. The summed E-state index contributed by atoms with van der Waals surface area (Å²) in [6, 6.07) is 12.0. The largest absolute Gasteiger partial charge is 0.388 e. The van der Waals surface area contributed by atoms with Crippen molar-refractivity contribution in [3.63, 3.8) is 0 Å². The maximum atomic E-state index is 10.3. The fourth-order valence-electron chi connectivity index (χ4n) is 2.45. The van der Waals surface area contributed by atoms with Crippen LogP contribution in [0.15, 0.2) is 30.3 Å². The molecule has 1 fully saturated rings. The summed E-state index contributed by atoms with van der Waals surface area (Å²) in [7, 11) is 0. The Balaban J connectivity index is 1.91. The molecule has 1 aromatic rings. The van der Waals surface area contributed by atoms with Crippen molar-refractivity contribution in [3.05, 3.63) is 35.9 Å². The SMILES string of the molecule is N#CCN1CCC(C(O)c2ccccc2)CC1. The average molecular weight is 230 g/mol. The fraction of sp³-hybridized carbons (Fsp3) is 0.500. The van der Waals surface area contributed by atoms with Crippen molar-refractivity contribution in [3.8, 4) is 6.07 Å². The third kappa shape index (κ3) is 3.06. The number of nitriles is 1. The normalized spacial score (nSPS) is 19.8. The molecule has 1 aliphatic heterocycles. The molecule has 0 aromatic heterocycles. The van der Waals surface area contributed by atoms with Gasteiger partial charge in [0.05, 0.1) is 18.7 Å². The van der Waals surface area contributed by atoms with E-state index >= 15 is 0 Å². The van der Waals surface area contributed by atoms with Gasteiger partial charge in [0.15, 0.2) is 0 Å².